The third kappa shape index (κ3) is 16.2. The molecule has 6 rings (SSSR count). The molecule has 1 saturated carbocycles. The number of aliphatic hydroxyl groups excluding tert-OH is 2. The number of non-ortho nitro benzene ring substituents is 1. The molecule has 3 aromatic carbocycles. The molecule has 0 saturated heterocycles. The van der Waals surface area contributed by atoms with Crippen molar-refractivity contribution in [3.05, 3.63) is 106 Å². The Bertz CT molecular complexity index is 2270. The summed E-state index contributed by atoms with van der Waals surface area (Å²) in [7, 11) is 3.08. The maximum atomic E-state index is 13.6. The molecule has 1 aliphatic heterocycles. The molecule has 1 amide bonds. The van der Waals surface area contributed by atoms with E-state index in [9.17, 15) is 25.1 Å². The van der Waals surface area contributed by atoms with E-state index >= 15 is 0 Å². The predicted octanol–water partition coefficient (Wildman–Crippen LogP) is 14.3. The van der Waals surface area contributed by atoms with Crippen LogP contribution in [0.15, 0.2) is 90.1 Å². The Hall–Kier alpha value is -5.09. The second-order valence-corrected chi connectivity index (χ2v) is 21.3. The average Bonchev–Trinajstić information content (AvgIpc) is 3.40. The molecule has 1 fully saturated rings. The summed E-state index contributed by atoms with van der Waals surface area (Å²) in [5.41, 5.74) is 3.83. The quantitative estimate of drug-likeness (QED) is 0.0220. The highest BCUT2D eigenvalue weighted by Gasteiger charge is 2.64. The summed E-state index contributed by atoms with van der Waals surface area (Å²) in [6.45, 7) is 6.88. The first-order chi connectivity index (χ1) is 36.2. The number of nitrogens with one attached hydrogen (secondary N) is 1. The van der Waals surface area contributed by atoms with Gasteiger partial charge in [-0.05, 0) is 103 Å². The number of methoxy groups -OCH3 is 2. The summed E-state index contributed by atoms with van der Waals surface area (Å²) in [6, 6.07) is 17.0. The number of hydrogen-bond donors (Lipinski definition) is 3. The number of fused-ring (bicyclic) bond motifs is 2. The molecule has 0 aromatic heterocycles. The Kier molecular flexibility index (Phi) is 24.4. The summed E-state index contributed by atoms with van der Waals surface area (Å²) in [5.74, 6) is 1.25. The van der Waals surface area contributed by atoms with E-state index in [1.165, 1.54) is 96.3 Å². The summed E-state index contributed by atoms with van der Waals surface area (Å²) in [6.07, 6.45) is 26.5. The lowest BCUT2D eigenvalue weighted by molar-refractivity contribution is -0.384. The number of nitro benzene ring substituents is 1. The number of nitrogens with zero attached hydrogens (tertiary/aromatic N) is 2. The summed E-state index contributed by atoms with van der Waals surface area (Å²) < 4.78 is 31.4. The number of anilines is 1. The van der Waals surface area contributed by atoms with Gasteiger partial charge in [-0.2, -0.15) is 11.8 Å². The Morgan fingerprint density at radius 2 is 1.51 bits per heavy atom. The SMILES string of the molecule is C=CCOC12Oc3ccc(OC(=O)Nc4ccc(OC)cc4OC)cc3C3C(CCCCO)C(CCCCO)C=C(C(=NOCc4ccc([N+](=O)[O-])cc4)CC1SCCCCCCCCCCCCCCCC)C32. The molecule has 3 aliphatic rings. The number of amides is 1. The minimum absolute atomic E-state index is 0.00491. The number of hydrogen-bond acceptors (Lipinski definition) is 13. The number of aliphatic hydroxyl groups is 2. The number of allylic oxidation sites excluding steroid dienone is 1. The van der Waals surface area contributed by atoms with E-state index in [4.69, 9.17) is 33.7 Å². The lowest BCUT2D eigenvalue weighted by Crippen LogP contribution is -2.64. The smallest absolute Gasteiger partial charge is 0.417 e. The van der Waals surface area contributed by atoms with Crippen molar-refractivity contribution in [2.24, 2.45) is 22.9 Å². The number of benzene rings is 3. The number of thioether (sulfide) groups is 1. The molecule has 406 valence electrons. The van der Waals surface area contributed by atoms with Crippen LogP contribution in [0, 0.1) is 27.9 Å². The zero-order valence-electron chi connectivity index (χ0n) is 44.3. The van der Waals surface area contributed by atoms with Crippen LogP contribution in [0.5, 0.6) is 23.0 Å². The van der Waals surface area contributed by atoms with Crippen LogP contribution in [0.1, 0.15) is 159 Å². The van der Waals surface area contributed by atoms with Gasteiger partial charge >= 0.3 is 6.09 Å². The first kappa shape index (κ1) is 58.2. The molecule has 6 unspecified atom stereocenters. The molecule has 0 radical (unpaired) electrons. The summed E-state index contributed by atoms with van der Waals surface area (Å²) in [5, 5.41) is 39.0. The molecule has 1 heterocycles. The van der Waals surface area contributed by atoms with Gasteiger partial charge in [0.15, 0.2) is 0 Å². The van der Waals surface area contributed by atoms with Gasteiger partial charge in [-0.3, -0.25) is 15.4 Å². The lowest BCUT2D eigenvalue weighted by Gasteiger charge is -2.58. The molecule has 14 nitrogen and oxygen atoms in total. The fraction of sp³-hybridized carbons (Fsp3) is 0.593. The Labute approximate surface area is 444 Å². The second-order valence-electron chi connectivity index (χ2n) is 20.0. The molecule has 2 aliphatic carbocycles. The average molecular weight is 1040 g/mol. The minimum Gasteiger partial charge on any atom is -0.497 e. The summed E-state index contributed by atoms with van der Waals surface area (Å²) in [4.78, 5) is 30.8. The number of unbranched alkanes of at least 4 members (excludes halogenated alkanes) is 15. The van der Waals surface area contributed by atoms with Gasteiger partial charge in [0, 0.05) is 49.3 Å². The van der Waals surface area contributed by atoms with Crippen LogP contribution < -0.4 is 24.3 Å². The van der Waals surface area contributed by atoms with E-state index in [1.807, 2.05) is 23.9 Å². The van der Waals surface area contributed by atoms with Gasteiger partial charge in [-0.25, -0.2) is 4.79 Å². The number of oxime groups is 1. The van der Waals surface area contributed by atoms with Crippen molar-refractivity contribution in [3.63, 3.8) is 0 Å². The topological polar surface area (TPSA) is 180 Å². The Morgan fingerprint density at radius 3 is 2.15 bits per heavy atom. The number of nitro groups is 1. The van der Waals surface area contributed by atoms with E-state index in [-0.39, 0.29) is 61.0 Å². The molecule has 0 bridgehead atoms. The highest BCUT2D eigenvalue weighted by Crippen LogP contribution is 2.62. The van der Waals surface area contributed by atoms with Crippen LogP contribution in [-0.2, 0) is 16.2 Å². The molecule has 3 N–H and O–H groups in total. The van der Waals surface area contributed by atoms with Crippen molar-refractivity contribution in [1.29, 1.82) is 0 Å². The summed E-state index contributed by atoms with van der Waals surface area (Å²) >= 11 is 1.86. The monoisotopic (exact) mass is 1040 g/mol. The fourth-order valence-electron chi connectivity index (χ4n) is 11.1. The van der Waals surface area contributed by atoms with Gasteiger partial charge in [-0.1, -0.05) is 121 Å². The van der Waals surface area contributed by atoms with E-state index < -0.39 is 16.8 Å². The number of carbonyl (C=O) groups excluding carboxylic acids is 1. The van der Waals surface area contributed by atoms with E-state index in [2.05, 4.69) is 24.9 Å². The van der Waals surface area contributed by atoms with Gasteiger partial charge < -0.3 is 38.7 Å². The van der Waals surface area contributed by atoms with Gasteiger partial charge in [0.25, 0.3) is 5.69 Å². The molecule has 6 atom stereocenters. The van der Waals surface area contributed by atoms with Crippen LogP contribution in [0.3, 0.4) is 0 Å². The van der Waals surface area contributed by atoms with Crippen LogP contribution in [0.2, 0.25) is 0 Å². The molecule has 3 aromatic rings. The molecular formula is C59H83N3O11S. The fourth-order valence-corrected chi connectivity index (χ4v) is 12.5. The van der Waals surface area contributed by atoms with Gasteiger partial charge in [0.2, 0.25) is 5.79 Å². The van der Waals surface area contributed by atoms with Crippen molar-refractivity contribution >= 4 is 34.9 Å². The molecular weight excluding hydrogens is 959 g/mol. The third-order valence-electron chi connectivity index (χ3n) is 14.8. The van der Waals surface area contributed by atoms with Crippen LogP contribution in [-0.4, -0.2) is 77.8 Å². The lowest BCUT2D eigenvalue weighted by atomic mass is 9.56. The second kappa shape index (κ2) is 31.1. The maximum absolute atomic E-state index is 13.6. The van der Waals surface area contributed by atoms with Gasteiger partial charge in [-0.15, -0.1) is 6.58 Å². The highest BCUT2D eigenvalue weighted by atomic mass is 32.2. The minimum atomic E-state index is -1.15. The molecule has 0 spiro atoms. The highest BCUT2D eigenvalue weighted by molar-refractivity contribution is 8.00. The van der Waals surface area contributed by atoms with Gasteiger partial charge in [0.1, 0.15) is 29.6 Å². The molecule has 74 heavy (non-hydrogen) atoms. The number of rotatable bonds is 35. The van der Waals surface area contributed by atoms with Crippen LogP contribution in [0.4, 0.5) is 16.2 Å². The zero-order valence-corrected chi connectivity index (χ0v) is 45.1. The van der Waals surface area contributed by atoms with Crippen molar-refractivity contribution in [2.75, 3.05) is 45.1 Å². The molecule has 15 heteroatoms. The predicted molar refractivity (Wildman–Crippen MR) is 295 cm³/mol. The van der Waals surface area contributed by atoms with E-state index in [0.29, 0.717) is 47.9 Å². The van der Waals surface area contributed by atoms with Crippen LogP contribution in [0.25, 0.3) is 0 Å². The standard InChI is InChI=1S/C59H83N3O11S/c1-5-7-8-9-10-11-12-13-14-15-16-17-18-23-37-74-55-41-52(61-71-42-43-26-28-45(29-27-43)62(66)67)49-38-44(24-19-21-34-63)48(25-20-22-35-64)56-50-39-47(31-33-53(50)73-59(55,57(49)56)70-36-6-2)72-58(65)60-51-32-30-46(68-3)40-54(51)69-4/h6,26-33,38-40,44,48,55-57,63-64H,2,5,7-25,34-37,41-42H2,1,3-4H3,(H,60,65). The Balaban J connectivity index is 1.32. The third-order valence-corrected chi connectivity index (χ3v) is 16.3. The van der Waals surface area contributed by atoms with Gasteiger partial charge in [0.05, 0.1) is 48.3 Å². The Morgan fingerprint density at radius 1 is 0.851 bits per heavy atom. The maximum Gasteiger partial charge on any atom is 0.417 e. The zero-order chi connectivity index (χ0) is 52.5. The first-order valence-electron chi connectivity index (χ1n) is 27.5. The van der Waals surface area contributed by atoms with E-state index in [0.717, 1.165) is 66.7 Å². The van der Waals surface area contributed by atoms with Crippen molar-refractivity contribution in [3.8, 4) is 23.0 Å². The van der Waals surface area contributed by atoms with Crippen molar-refractivity contribution in [2.45, 2.75) is 165 Å². The normalized spacial score (nSPS) is 21.2. The van der Waals surface area contributed by atoms with Crippen LogP contribution >= 0.6 is 11.8 Å². The van der Waals surface area contributed by atoms with Crippen molar-refractivity contribution < 1.29 is 48.5 Å². The van der Waals surface area contributed by atoms with E-state index in [1.54, 1.807) is 49.6 Å². The number of carbonyl (C=O) groups is 1. The largest absolute Gasteiger partial charge is 0.497 e. The number of ether oxygens (including phenoxy) is 5. The first-order valence-corrected chi connectivity index (χ1v) is 28.5. The van der Waals surface area contributed by atoms with Crippen molar-refractivity contribution in [1.82, 2.24) is 0 Å².